The molecule has 1 amide bonds. The minimum absolute atomic E-state index is 0.0214. The molecule has 1 aromatic heterocycles. The van der Waals surface area contributed by atoms with Gasteiger partial charge in [0.2, 0.25) is 5.91 Å². The number of anilines is 1. The molecule has 6 heteroatoms. The highest BCUT2D eigenvalue weighted by Gasteiger charge is 2.34. The molecule has 1 saturated heterocycles. The van der Waals surface area contributed by atoms with E-state index in [0.29, 0.717) is 11.4 Å². The minimum atomic E-state index is -0.451. The summed E-state index contributed by atoms with van der Waals surface area (Å²) < 4.78 is 6.63. The predicted molar refractivity (Wildman–Crippen MR) is 97.1 cm³/mol. The lowest BCUT2D eigenvalue weighted by Gasteiger charge is -2.38. The second-order valence-electron chi connectivity index (χ2n) is 6.05. The molecule has 0 spiro atoms. The van der Waals surface area contributed by atoms with Crippen LogP contribution in [0.1, 0.15) is 28.8 Å². The number of carbonyl (C=O) groups is 1. The Labute approximate surface area is 149 Å². The van der Waals surface area contributed by atoms with Gasteiger partial charge >= 0.3 is 0 Å². The minimum Gasteiger partial charge on any atom is -0.381 e. The quantitative estimate of drug-likeness (QED) is 0.823. The summed E-state index contributed by atoms with van der Waals surface area (Å²) in [6.45, 7) is 2.20. The number of carbonyl (C=O) groups excluding carboxylic acids is 1. The zero-order valence-electron chi connectivity index (χ0n) is 13.3. The summed E-state index contributed by atoms with van der Waals surface area (Å²) in [6, 6.07) is 11.7. The average Bonchev–Trinajstić information content (AvgIpc) is 2.61. The van der Waals surface area contributed by atoms with E-state index in [1.54, 1.807) is 18.3 Å². The molecule has 1 aliphatic heterocycles. The van der Waals surface area contributed by atoms with Gasteiger partial charge in [-0.25, -0.2) is 4.98 Å². The van der Waals surface area contributed by atoms with E-state index >= 15 is 0 Å². The molecule has 126 valence electrons. The van der Waals surface area contributed by atoms with Crippen LogP contribution in [0.2, 0.25) is 0 Å². The van der Waals surface area contributed by atoms with Crippen molar-refractivity contribution in [1.82, 2.24) is 4.98 Å². The van der Waals surface area contributed by atoms with Crippen molar-refractivity contribution in [2.45, 2.75) is 18.3 Å². The van der Waals surface area contributed by atoms with Crippen LogP contribution in [-0.4, -0.2) is 30.6 Å². The van der Waals surface area contributed by atoms with Crippen LogP contribution < -0.4 is 11.1 Å². The summed E-state index contributed by atoms with van der Waals surface area (Å²) in [5.74, 6) is 0.209. The van der Waals surface area contributed by atoms with Crippen molar-refractivity contribution in [3.63, 3.8) is 0 Å². The van der Waals surface area contributed by atoms with Crippen molar-refractivity contribution in [2.24, 2.45) is 5.73 Å². The van der Waals surface area contributed by atoms with Gasteiger partial charge in [0.05, 0.1) is 0 Å². The van der Waals surface area contributed by atoms with E-state index in [4.69, 9.17) is 10.5 Å². The zero-order valence-corrected chi connectivity index (χ0v) is 14.9. The molecule has 0 aliphatic carbocycles. The normalized spacial score (nSPS) is 16.5. The molecule has 1 aromatic carbocycles. The van der Waals surface area contributed by atoms with Crippen molar-refractivity contribution in [2.75, 3.05) is 25.1 Å². The summed E-state index contributed by atoms with van der Waals surface area (Å²) in [6.07, 6.45) is 3.47. The summed E-state index contributed by atoms with van der Waals surface area (Å²) in [5, 5.41) is 3.38. The highest BCUT2D eigenvalue weighted by Crippen LogP contribution is 2.36. The van der Waals surface area contributed by atoms with Gasteiger partial charge in [0.15, 0.2) is 0 Å². The highest BCUT2D eigenvalue weighted by molar-refractivity contribution is 9.10. The first-order chi connectivity index (χ1) is 11.6. The molecule has 3 N–H and O–H groups in total. The lowest BCUT2D eigenvalue weighted by Crippen LogP contribution is -2.40. The van der Waals surface area contributed by atoms with E-state index in [1.165, 1.54) is 5.56 Å². The van der Waals surface area contributed by atoms with Crippen molar-refractivity contribution in [1.29, 1.82) is 0 Å². The molecule has 3 rings (SSSR count). The second-order valence-corrected chi connectivity index (χ2v) is 6.97. The first kappa shape index (κ1) is 16.9. The Hall–Kier alpha value is -1.92. The van der Waals surface area contributed by atoms with Gasteiger partial charge < -0.3 is 15.8 Å². The SMILES string of the molecule is NC(=O)c1ccnc(NCC2(c3cccc(Br)c3)CCOCC2)c1. The van der Waals surface area contributed by atoms with E-state index in [-0.39, 0.29) is 5.41 Å². The van der Waals surface area contributed by atoms with Crippen LogP contribution in [0.4, 0.5) is 5.82 Å². The van der Waals surface area contributed by atoms with Gasteiger partial charge in [-0.15, -0.1) is 0 Å². The molecule has 1 aliphatic rings. The third-order valence-electron chi connectivity index (χ3n) is 4.54. The third kappa shape index (κ3) is 3.76. The molecule has 0 bridgehead atoms. The molecule has 2 heterocycles. The van der Waals surface area contributed by atoms with Gasteiger partial charge in [0.25, 0.3) is 0 Å². The summed E-state index contributed by atoms with van der Waals surface area (Å²) in [7, 11) is 0. The number of hydrogen-bond donors (Lipinski definition) is 2. The molecule has 1 fully saturated rings. The molecule has 5 nitrogen and oxygen atoms in total. The number of rotatable bonds is 5. The Morgan fingerprint density at radius 2 is 2.08 bits per heavy atom. The molecule has 2 aromatic rings. The van der Waals surface area contributed by atoms with Crippen LogP contribution in [0.25, 0.3) is 0 Å². The number of benzene rings is 1. The molecule has 0 unspecified atom stereocenters. The van der Waals surface area contributed by atoms with E-state index in [1.807, 2.05) is 6.07 Å². The fourth-order valence-corrected chi connectivity index (χ4v) is 3.49. The summed E-state index contributed by atoms with van der Waals surface area (Å²) >= 11 is 3.56. The number of nitrogens with one attached hydrogen (secondary N) is 1. The van der Waals surface area contributed by atoms with E-state index in [9.17, 15) is 4.79 Å². The van der Waals surface area contributed by atoms with Crippen molar-refractivity contribution in [3.05, 3.63) is 58.2 Å². The highest BCUT2D eigenvalue weighted by atomic mass is 79.9. The largest absolute Gasteiger partial charge is 0.381 e. The van der Waals surface area contributed by atoms with Crippen LogP contribution in [0.3, 0.4) is 0 Å². The molecule has 0 radical (unpaired) electrons. The Bertz CT molecular complexity index is 730. The molecule has 0 saturated carbocycles. The first-order valence-electron chi connectivity index (χ1n) is 7.93. The monoisotopic (exact) mass is 389 g/mol. The van der Waals surface area contributed by atoms with Crippen molar-refractivity contribution < 1.29 is 9.53 Å². The maximum atomic E-state index is 11.3. The molecular formula is C18H20BrN3O2. The topological polar surface area (TPSA) is 77.2 Å². The fraction of sp³-hybridized carbons (Fsp3) is 0.333. The third-order valence-corrected chi connectivity index (χ3v) is 5.03. The standard InChI is InChI=1S/C18H20BrN3O2/c19-15-3-1-2-14(11-15)18(5-8-24-9-6-18)12-22-16-10-13(17(20)23)4-7-21-16/h1-4,7,10-11H,5-6,8-9,12H2,(H2,20,23)(H,21,22). The number of hydrogen-bond acceptors (Lipinski definition) is 4. The van der Waals surface area contributed by atoms with Crippen LogP contribution >= 0.6 is 15.9 Å². The first-order valence-corrected chi connectivity index (χ1v) is 8.72. The number of amides is 1. The van der Waals surface area contributed by atoms with Crippen LogP contribution in [-0.2, 0) is 10.2 Å². The van der Waals surface area contributed by atoms with E-state index in [2.05, 4.69) is 44.4 Å². The molecular weight excluding hydrogens is 370 g/mol. The Morgan fingerprint density at radius 3 is 2.79 bits per heavy atom. The van der Waals surface area contributed by atoms with Crippen LogP contribution in [0.15, 0.2) is 47.1 Å². The lowest BCUT2D eigenvalue weighted by atomic mass is 9.74. The van der Waals surface area contributed by atoms with Gasteiger partial charge in [-0.2, -0.15) is 0 Å². The Morgan fingerprint density at radius 1 is 1.29 bits per heavy atom. The van der Waals surface area contributed by atoms with Gasteiger partial charge in [0, 0.05) is 41.4 Å². The van der Waals surface area contributed by atoms with Crippen molar-refractivity contribution in [3.8, 4) is 0 Å². The predicted octanol–water partition coefficient (Wildman–Crippen LogP) is 3.10. The number of aromatic nitrogens is 1. The lowest BCUT2D eigenvalue weighted by molar-refractivity contribution is 0.0543. The number of ether oxygens (including phenoxy) is 1. The number of nitrogens with zero attached hydrogens (tertiary/aromatic N) is 1. The van der Waals surface area contributed by atoms with E-state index in [0.717, 1.165) is 37.1 Å². The number of nitrogens with two attached hydrogens (primary N) is 1. The summed E-state index contributed by atoms with van der Waals surface area (Å²) in [4.78, 5) is 15.6. The van der Waals surface area contributed by atoms with Gasteiger partial charge in [-0.3, -0.25) is 4.79 Å². The smallest absolute Gasteiger partial charge is 0.248 e. The molecule has 0 atom stereocenters. The summed E-state index contributed by atoms with van der Waals surface area (Å²) in [5.41, 5.74) is 7.05. The number of primary amides is 1. The number of pyridine rings is 1. The zero-order chi connectivity index (χ0) is 17.0. The maximum absolute atomic E-state index is 11.3. The number of halogens is 1. The van der Waals surface area contributed by atoms with Gasteiger partial charge in [-0.1, -0.05) is 28.1 Å². The average molecular weight is 390 g/mol. The Balaban J connectivity index is 1.83. The van der Waals surface area contributed by atoms with Crippen LogP contribution in [0, 0.1) is 0 Å². The second kappa shape index (κ2) is 7.32. The van der Waals surface area contributed by atoms with Crippen LogP contribution in [0.5, 0.6) is 0 Å². The van der Waals surface area contributed by atoms with Gasteiger partial charge in [-0.05, 0) is 42.7 Å². The molecule has 24 heavy (non-hydrogen) atoms. The fourth-order valence-electron chi connectivity index (χ4n) is 3.09. The van der Waals surface area contributed by atoms with Crippen molar-refractivity contribution >= 4 is 27.7 Å². The Kier molecular flexibility index (Phi) is 5.16. The maximum Gasteiger partial charge on any atom is 0.248 e. The van der Waals surface area contributed by atoms with E-state index < -0.39 is 5.91 Å². The van der Waals surface area contributed by atoms with Gasteiger partial charge in [0.1, 0.15) is 5.82 Å².